The van der Waals surface area contributed by atoms with Gasteiger partial charge < -0.3 is 5.32 Å². The second kappa shape index (κ2) is 7.67. The fraction of sp³-hybridized carbons (Fsp3) is 0.421. The first-order valence-electron chi connectivity index (χ1n) is 9.30. The Balaban J connectivity index is 1.52. The molecule has 1 aliphatic heterocycles. The van der Waals surface area contributed by atoms with Crippen molar-refractivity contribution in [3.05, 3.63) is 30.3 Å². The molecule has 2 N–H and O–H groups in total. The monoisotopic (exact) mass is 388 g/mol. The number of hydrogen-bond donors (Lipinski definition) is 2. The molecular weight excluding hydrogens is 366 g/mol. The van der Waals surface area contributed by atoms with Gasteiger partial charge in [-0.05, 0) is 25.9 Å². The lowest BCUT2D eigenvalue weighted by molar-refractivity contribution is -0.121. The number of carbonyl (C=O) groups excluding carboxylic acids is 1. The fourth-order valence-electron chi connectivity index (χ4n) is 3.73. The Hall–Kier alpha value is -2.81. The second-order valence-corrected chi connectivity index (χ2v) is 7.09. The van der Waals surface area contributed by atoms with Gasteiger partial charge in [-0.1, -0.05) is 30.3 Å². The molecule has 0 bridgehead atoms. The minimum atomic E-state index is -2.34. The van der Waals surface area contributed by atoms with Crippen molar-refractivity contribution in [3.8, 4) is 11.3 Å². The van der Waals surface area contributed by atoms with E-state index in [1.54, 1.807) is 16.6 Å². The number of amides is 1. The van der Waals surface area contributed by atoms with E-state index in [-0.39, 0.29) is 18.4 Å². The molecule has 0 atom stereocenters. The number of nitrogens with zero attached hydrogens (tertiary/aromatic N) is 4. The summed E-state index contributed by atoms with van der Waals surface area (Å²) in [7, 11) is 1.81. The molecule has 28 heavy (non-hydrogen) atoms. The van der Waals surface area contributed by atoms with Gasteiger partial charge in [-0.3, -0.25) is 14.8 Å². The van der Waals surface area contributed by atoms with Gasteiger partial charge in [-0.25, -0.2) is 13.5 Å². The standard InChI is InChI=1S/C19H22F2N6O/c1-26-18-15(16(25-26)12-5-3-2-4-6-12)17(23-24-18)22-19(28)13-7-9-27(10-8-13)11-14(20)21/h2-6,13-14H,7-11H2,1H3,(H2,22,23,24,28). The molecule has 1 aromatic carbocycles. The van der Waals surface area contributed by atoms with E-state index in [4.69, 9.17) is 0 Å². The van der Waals surface area contributed by atoms with E-state index in [9.17, 15) is 13.6 Å². The van der Waals surface area contributed by atoms with Gasteiger partial charge in [0.2, 0.25) is 5.91 Å². The highest BCUT2D eigenvalue weighted by Gasteiger charge is 2.28. The second-order valence-electron chi connectivity index (χ2n) is 7.09. The minimum Gasteiger partial charge on any atom is -0.310 e. The molecule has 1 amide bonds. The first kappa shape index (κ1) is 18.5. The Labute approximate surface area is 160 Å². The molecule has 0 spiro atoms. The van der Waals surface area contributed by atoms with Crippen LogP contribution in [0.4, 0.5) is 14.6 Å². The maximum absolute atomic E-state index is 12.7. The van der Waals surface area contributed by atoms with Crippen molar-refractivity contribution >= 4 is 22.8 Å². The Morgan fingerprint density at radius 1 is 1.29 bits per heavy atom. The number of rotatable bonds is 5. The van der Waals surface area contributed by atoms with Gasteiger partial charge >= 0.3 is 0 Å². The lowest BCUT2D eigenvalue weighted by Crippen LogP contribution is -2.40. The van der Waals surface area contributed by atoms with E-state index in [0.29, 0.717) is 37.4 Å². The van der Waals surface area contributed by atoms with E-state index in [1.165, 1.54) is 0 Å². The van der Waals surface area contributed by atoms with Crippen LogP contribution in [0.3, 0.4) is 0 Å². The maximum Gasteiger partial charge on any atom is 0.251 e. The van der Waals surface area contributed by atoms with Gasteiger partial charge in [0.15, 0.2) is 5.65 Å². The zero-order valence-electron chi connectivity index (χ0n) is 15.5. The predicted molar refractivity (Wildman–Crippen MR) is 102 cm³/mol. The Morgan fingerprint density at radius 2 is 2.00 bits per heavy atom. The summed E-state index contributed by atoms with van der Waals surface area (Å²) in [6, 6.07) is 9.71. The number of alkyl halides is 2. The highest BCUT2D eigenvalue weighted by molar-refractivity contribution is 6.05. The lowest BCUT2D eigenvalue weighted by Gasteiger charge is -2.30. The molecule has 4 rings (SSSR count). The average Bonchev–Trinajstić information content (AvgIpc) is 3.24. The first-order valence-corrected chi connectivity index (χ1v) is 9.30. The highest BCUT2D eigenvalue weighted by Crippen LogP contribution is 2.32. The maximum atomic E-state index is 12.7. The van der Waals surface area contributed by atoms with E-state index >= 15 is 0 Å². The molecule has 3 heterocycles. The van der Waals surface area contributed by atoms with Crippen molar-refractivity contribution in [2.75, 3.05) is 25.0 Å². The number of likely N-dealkylation sites (tertiary alicyclic amines) is 1. The summed E-state index contributed by atoms with van der Waals surface area (Å²) in [5, 5.41) is 15.4. The Kier molecular flexibility index (Phi) is 5.08. The van der Waals surface area contributed by atoms with E-state index in [2.05, 4.69) is 20.6 Å². The summed E-state index contributed by atoms with van der Waals surface area (Å²) in [5.74, 6) is 0.191. The average molecular weight is 388 g/mol. The third kappa shape index (κ3) is 3.62. The number of H-pyrrole nitrogens is 1. The molecule has 0 saturated carbocycles. The normalized spacial score (nSPS) is 16.1. The van der Waals surface area contributed by atoms with Gasteiger partial charge in [0, 0.05) is 18.5 Å². The fourth-order valence-corrected chi connectivity index (χ4v) is 3.73. The van der Waals surface area contributed by atoms with E-state index in [1.807, 2.05) is 30.3 Å². The van der Waals surface area contributed by atoms with Crippen molar-refractivity contribution in [2.45, 2.75) is 19.3 Å². The molecule has 0 unspecified atom stereocenters. The third-order valence-electron chi connectivity index (χ3n) is 5.19. The Bertz CT molecular complexity index is 960. The number of nitrogens with one attached hydrogen (secondary N) is 2. The summed E-state index contributed by atoms with van der Waals surface area (Å²) in [6.07, 6.45) is -1.21. The lowest BCUT2D eigenvalue weighted by atomic mass is 9.96. The number of hydrogen-bond acceptors (Lipinski definition) is 4. The summed E-state index contributed by atoms with van der Waals surface area (Å²) in [4.78, 5) is 14.4. The van der Waals surface area contributed by atoms with Crippen LogP contribution in [-0.2, 0) is 11.8 Å². The molecule has 0 radical (unpaired) electrons. The number of halogens is 2. The molecule has 0 aliphatic carbocycles. The molecule has 1 fully saturated rings. The smallest absolute Gasteiger partial charge is 0.251 e. The minimum absolute atomic E-state index is 0.120. The van der Waals surface area contributed by atoms with Gasteiger partial charge in [0.05, 0.1) is 11.9 Å². The Morgan fingerprint density at radius 3 is 2.68 bits per heavy atom. The number of carbonyl (C=O) groups is 1. The molecule has 9 heteroatoms. The van der Waals surface area contributed by atoms with Crippen LogP contribution in [0, 0.1) is 5.92 Å². The third-order valence-corrected chi connectivity index (χ3v) is 5.19. The zero-order valence-corrected chi connectivity index (χ0v) is 15.5. The summed E-state index contributed by atoms with van der Waals surface area (Å²) >= 11 is 0. The first-order chi connectivity index (χ1) is 13.5. The SMILES string of the molecule is Cn1nc(-c2ccccc2)c2c(NC(=O)C3CCN(CC(F)F)CC3)[nH]nc21. The summed E-state index contributed by atoms with van der Waals surface area (Å²) < 4.78 is 26.7. The molecule has 2 aromatic heterocycles. The van der Waals surface area contributed by atoms with Crippen molar-refractivity contribution in [1.82, 2.24) is 24.9 Å². The highest BCUT2D eigenvalue weighted by atomic mass is 19.3. The predicted octanol–water partition coefficient (Wildman–Crippen LogP) is 2.88. The van der Waals surface area contributed by atoms with Crippen LogP contribution in [0.15, 0.2) is 30.3 Å². The van der Waals surface area contributed by atoms with Gasteiger partial charge in [-0.2, -0.15) is 10.2 Å². The van der Waals surface area contributed by atoms with Crippen LogP contribution < -0.4 is 5.32 Å². The topological polar surface area (TPSA) is 78.8 Å². The number of aromatic amines is 1. The summed E-state index contributed by atoms with van der Waals surface area (Å²) in [5.41, 5.74) is 2.33. The number of benzene rings is 1. The summed E-state index contributed by atoms with van der Waals surface area (Å²) in [6.45, 7) is 0.775. The largest absolute Gasteiger partial charge is 0.310 e. The van der Waals surface area contributed by atoms with Crippen LogP contribution in [0.5, 0.6) is 0 Å². The molecular formula is C19H22F2N6O. The van der Waals surface area contributed by atoms with Crippen LogP contribution in [0.2, 0.25) is 0 Å². The van der Waals surface area contributed by atoms with Crippen molar-refractivity contribution < 1.29 is 13.6 Å². The molecule has 1 aliphatic rings. The molecule has 7 nitrogen and oxygen atoms in total. The molecule has 1 saturated heterocycles. The van der Waals surface area contributed by atoms with Crippen LogP contribution in [-0.4, -0.2) is 56.8 Å². The van der Waals surface area contributed by atoms with Crippen LogP contribution >= 0.6 is 0 Å². The van der Waals surface area contributed by atoms with Crippen LogP contribution in [0.1, 0.15) is 12.8 Å². The number of fused-ring (bicyclic) bond motifs is 1. The molecule has 148 valence electrons. The van der Waals surface area contributed by atoms with Gasteiger partial charge in [0.1, 0.15) is 11.5 Å². The number of aromatic nitrogens is 4. The quantitative estimate of drug-likeness (QED) is 0.705. The zero-order chi connectivity index (χ0) is 19.7. The van der Waals surface area contributed by atoms with E-state index < -0.39 is 6.43 Å². The number of aryl methyl sites for hydroxylation is 1. The number of piperidine rings is 1. The van der Waals surface area contributed by atoms with Gasteiger partial charge in [-0.15, -0.1) is 0 Å². The van der Waals surface area contributed by atoms with E-state index in [0.717, 1.165) is 16.6 Å². The van der Waals surface area contributed by atoms with Crippen molar-refractivity contribution in [2.24, 2.45) is 13.0 Å². The molecule has 3 aromatic rings. The number of anilines is 1. The van der Waals surface area contributed by atoms with Crippen LogP contribution in [0.25, 0.3) is 22.3 Å². The van der Waals surface area contributed by atoms with Crippen molar-refractivity contribution in [3.63, 3.8) is 0 Å². The van der Waals surface area contributed by atoms with Gasteiger partial charge in [0.25, 0.3) is 6.43 Å². The van der Waals surface area contributed by atoms with Crippen molar-refractivity contribution in [1.29, 1.82) is 0 Å².